The average molecular weight is 218 g/mol. The van der Waals surface area contributed by atoms with Crippen LogP contribution < -0.4 is 4.74 Å². The first-order valence-electron chi connectivity index (χ1n) is 5.31. The van der Waals surface area contributed by atoms with E-state index >= 15 is 0 Å². The van der Waals surface area contributed by atoms with Crippen molar-refractivity contribution < 1.29 is 14.6 Å². The molecule has 2 rings (SSSR count). The summed E-state index contributed by atoms with van der Waals surface area (Å²) < 4.78 is 5.23. The average Bonchev–Trinajstić information content (AvgIpc) is 2.30. The summed E-state index contributed by atoms with van der Waals surface area (Å²) in [4.78, 5) is 11.7. The Bertz CT molecular complexity index is 447. The van der Waals surface area contributed by atoms with Gasteiger partial charge in [0.2, 0.25) is 0 Å². The Morgan fingerprint density at radius 2 is 2.19 bits per heavy atom. The first kappa shape index (κ1) is 10.7. The largest absolute Gasteiger partial charge is 0.516 e. The fraction of sp³-hybridized carbons (Fsp3) is 0.308. The van der Waals surface area contributed by atoms with E-state index in [1.54, 1.807) is 19.3 Å². The summed E-state index contributed by atoms with van der Waals surface area (Å²) in [6, 6.07) is 3.59. The number of benzene rings is 1. The highest BCUT2D eigenvalue weighted by molar-refractivity contribution is 5.99. The summed E-state index contributed by atoms with van der Waals surface area (Å²) in [6.45, 7) is 0. The van der Waals surface area contributed by atoms with Gasteiger partial charge in [0.15, 0.2) is 5.78 Å². The molecule has 84 valence electrons. The SMILES string of the molecule is COc1ccc2c(c1/C=C/O)CCCC2=O. The van der Waals surface area contributed by atoms with Crippen LogP contribution in [-0.4, -0.2) is 18.0 Å². The summed E-state index contributed by atoms with van der Waals surface area (Å²) in [5.41, 5.74) is 2.57. The number of carbonyl (C=O) groups excluding carboxylic acids is 1. The van der Waals surface area contributed by atoms with Crippen LogP contribution in [0.2, 0.25) is 0 Å². The maximum absolute atomic E-state index is 11.7. The van der Waals surface area contributed by atoms with Crippen molar-refractivity contribution in [3.8, 4) is 5.75 Å². The highest BCUT2D eigenvalue weighted by Gasteiger charge is 2.21. The molecule has 0 fully saturated rings. The smallest absolute Gasteiger partial charge is 0.163 e. The van der Waals surface area contributed by atoms with E-state index in [1.807, 2.05) is 6.07 Å². The van der Waals surface area contributed by atoms with E-state index < -0.39 is 0 Å². The van der Waals surface area contributed by atoms with Crippen molar-refractivity contribution in [1.29, 1.82) is 0 Å². The molecule has 0 radical (unpaired) electrons. The van der Waals surface area contributed by atoms with Crippen molar-refractivity contribution in [1.82, 2.24) is 0 Å². The third-order valence-corrected chi connectivity index (χ3v) is 2.91. The van der Waals surface area contributed by atoms with E-state index in [1.165, 1.54) is 0 Å². The first-order chi connectivity index (χ1) is 7.77. The topological polar surface area (TPSA) is 46.5 Å². The number of methoxy groups -OCH3 is 1. The van der Waals surface area contributed by atoms with Crippen molar-refractivity contribution in [3.05, 3.63) is 35.1 Å². The molecule has 0 spiro atoms. The van der Waals surface area contributed by atoms with Crippen LogP contribution >= 0.6 is 0 Å². The lowest BCUT2D eigenvalue weighted by Gasteiger charge is -2.18. The Kier molecular flexibility index (Phi) is 2.95. The molecule has 0 unspecified atom stereocenters. The second-order valence-electron chi connectivity index (χ2n) is 3.80. The maximum atomic E-state index is 11.7. The third kappa shape index (κ3) is 1.69. The molecular weight excluding hydrogens is 204 g/mol. The zero-order valence-corrected chi connectivity index (χ0v) is 9.19. The fourth-order valence-corrected chi connectivity index (χ4v) is 2.17. The predicted octanol–water partition coefficient (Wildman–Crippen LogP) is 2.74. The number of aliphatic hydroxyl groups excluding tert-OH is 1. The van der Waals surface area contributed by atoms with E-state index in [0.717, 1.165) is 35.8 Å². The standard InChI is InChI=1S/C13H14O3/c1-16-13-6-5-10-9(11(13)7-8-14)3-2-4-12(10)15/h5-8,14H,2-4H2,1H3/b8-7+. The lowest BCUT2D eigenvalue weighted by atomic mass is 9.87. The van der Waals surface area contributed by atoms with E-state index in [0.29, 0.717) is 12.2 Å². The number of carbonyl (C=O) groups is 1. The Balaban J connectivity index is 2.62. The predicted molar refractivity (Wildman–Crippen MR) is 61.9 cm³/mol. The monoisotopic (exact) mass is 218 g/mol. The summed E-state index contributed by atoms with van der Waals surface area (Å²) in [5.74, 6) is 0.871. The van der Waals surface area contributed by atoms with Crippen molar-refractivity contribution in [2.75, 3.05) is 7.11 Å². The van der Waals surface area contributed by atoms with Crippen LogP contribution in [0.25, 0.3) is 6.08 Å². The molecule has 1 aromatic rings. The minimum atomic E-state index is 0.177. The molecule has 1 aliphatic carbocycles. The Hall–Kier alpha value is -1.77. The second kappa shape index (κ2) is 4.39. The van der Waals surface area contributed by atoms with Gasteiger partial charge in [0.1, 0.15) is 5.75 Å². The molecule has 0 atom stereocenters. The molecule has 0 aromatic heterocycles. The number of aliphatic hydroxyl groups is 1. The summed E-state index contributed by atoms with van der Waals surface area (Å²) in [5, 5.41) is 8.89. The van der Waals surface area contributed by atoms with Gasteiger partial charge in [-0.05, 0) is 36.6 Å². The molecule has 0 amide bonds. The van der Waals surface area contributed by atoms with Gasteiger partial charge in [0.05, 0.1) is 13.4 Å². The number of Topliss-reactive ketones (excluding diaryl/α,β-unsaturated/α-hetero) is 1. The summed E-state index contributed by atoms with van der Waals surface area (Å²) in [6.07, 6.45) is 4.90. The van der Waals surface area contributed by atoms with Crippen LogP contribution in [0.15, 0.2) is 18.4 Å². The van der Waals surface area contributed by atoms with Gasteiger partial charge in [0.25, 0.3) is 0 Å². The molecule has 0 saturated carbocycles. The summed E-state index contributed by atoms with van der Waals surface area (Å²) in [7, 11) is 1.58. The van der Waals surface area contributed by atoms with Crippen molar-refractivity contribution >= 4 is 11.9 Å². The number of ether oxygens (including phenoxy) is 1. The molecule has 3 heteroatoms. The Labute approximate surface area is 94.4 Å². The highest BCUT2D eigenvalue weighted by atomic mass is 16.5. The van der Waals surface area contributed by atoms with Gasteiger partial charge in [-0.1, -0.05) is 0 Å². The van der Waals surface area contributed by atoms with Gasteiger partial charge in [0, 0.05) is 17.5 Å². The zero-order chi connectivity index (χ0) is 11.5. The van der Waals surface area contributed by atoms with Gasteiger partial charge in [-0.15, -0.1) is 0 Å². The second-order valence-corrected chi connectivity index (χ2v) is 3.80. The number of rotatable bonds is 2. The summed E-state index contributed by atoms with van der Waals surface area (Å²) >= 11 is 0. The Morgan fingerprint density at radius 3 is 2.88 bits per heavy atom. The van der Waals surface area contributed by atoms with Crippen LogP contribution in [0.3, 0.4) is 0 Å². The molecular formula is C13H14O3. The van der Waals surface area contributed by atoms with Gasteiger partial charge in [-0.2, -0.15) is 0 Å². The molecule has 16 heavy (non-hydrogen) atoms. The normalized spacial score (nSPS) is 15.2. The lowest BCUT2D eigenvalue weighted by Crippen LogP contribution is -2.12. The van der Waals surface area contributed by atoms with Gasteiger partial charge in [-0.25, -0.2) is 0 Å². The van der Waals surface area contributed by atoms with Gasteiger partial charge < -0.3 is 9.84 Å². The van der Waals surface area contributed by atoms with E-state index in [4.69, 9.17) is 9.84 Å². The molecule has 0 heterocycles. The van der Waals surface area contributed by atoms with Crippen LogP contribution in [-0.2, 0) is 6.42 Å². The number of ketones is 1. The van der Waals surface area contributed by atoms with Gasteiger partial charge in [-0.3, -0.25) is 4.79 Å². The number of fused-ring (bicyclic) bond motifs is 1. The minimum absolute atomic E-state index is 0.177. The highest BCUT2D eigenvalue weighted by Crippen LogP contribution is 2.31. The molecule has 1 N–H and O–H groups in total. The van der Waals surface area contributed by atoms with E-state index in [-0.39, 0.29) is 5.78 Å². The van der Waals surface area contributed by atoms with Crippen LogP contribution in [0.5, 0.6) is 5.75 Å². The molecule has 0 saturated heterocycles. The van der Waals surface area contributed by atoms with Crippen LogP contribution in [0.4, 0.5) is 0 Å². The zero-order valence-electron chi connectivity index (χ0n) is 9.19. The molecule has 0 bridgehead atoms. The third-order valence-electron chi connectivity index (χ3n) is 2.91. The number of hydrogen-bond donors (Lipinski definition) is 1. The van der Waals surface area contributed by atoms with E-state index in [2.05, 4.69) is 0 Å². The Morgan fingerprint density at radius 1 is 1.38 bits per heavy atom. The van der Waals surface area contributed by atoms with E-state index in [9.17, 15) is 4.79 Å². The lowest BCUT2D eigenvalue weighted by molar-refractivity contribution is 0.0972. The van der Waals surface area contributed by atoms with Crippen molar-refractivity contribution in [2.45, 2.75) is 19.3 Å². The van der Waals surface area contributed by atoms with Crippen molar-refractivity contribution in [3.63, 3.8) is 0 Å². The van der Waals surface area contributed by atoms with Gasteiger partial charge >= 0.3 is 0 Å². The van der Waals surface area contributed by atoms with Crippen molar-refractivity contribution in [2.24, 2.45) is 0 Å². The maximum Gasteiger partial charge on any atom is 0.163 e. The fourth-order valence-electron chi connectivity index (χ4n) is 2.17. The quantitative estimate of drug-likeness (QED) is 0.776. The van der Waals surface area contributed by atoms with Crippen LogP contribution in [0.1, 0.15) is 34.3 Å². The number of hydrogen-bond acceptors (Lipinski definition) is 3. The molecule has 1 aromatic carbocycles. The molecule has 3 nitrogen and oxygen atoms in total. The first-order valence-corrected chi connectivity index (χ1v) is 5.31. The minimum Gasteiger partial charge on any atom is -0.516 e. The molecule has 1 aliphatic rings. The molecule has 0 aliphatic heterocycles. The van der Waals surface area contributed by atoms with Crippen LogP contribution in [0, 0.1) is 0 Å².